The lowest BCUT2D eigenvalue weighted by Crippen LogP contribution is -2.57. The van der Waals surface area contributed by atoms with Crippen molar-refractivity contribution in [2.75, 3.05) is 6.54 Å². The molecule has 10 heteroatoms. The Morgan fingerprint density at radius 3 is 2.08 bits per heavy atom. The summed E-state index contributed by atoms with van der Waals surface area (Å²) >= 11 is 0. The molecule has 0 radical (unpaired) electrons. The molecule has 5 atom stereocenters. The van der Waals surface area contributed by atoms with Crippen LogP contribution in [0.4, 0.5) is 4.79 Å². The van der Waals surface area contributed by atoms with E-state index in [1.807, 2.05) is 114 Å². The number of aliphatic hydroxyl groups is 1. The minimum Gasteiger partial charge on any atom is -0.445 e. The number of hydrogen-bond donors (Lipinski definition) is 5. The second kappa shape index (κ2) is 21.8. The monoisotopic (exact) mass is 716 g/mol. The second-order valence-corrected chi connectivity index (χ2v) is 14.6. The molecule has 3 aromatic carbocycles. The molecule has 52 heavy (non-hydrogen) atoms. The maximum Gasteiger partial charge on any atom is 0.408 e. The quantitative estimate of drug-likeness (QED) is 0.0859. The van der Waals surface area contributed by atoms with E-state index in [2.05, 4.69) is 21.3 Å². The van der Waals surface area contributed by atoms with E-state index in [0.29, 0.717) is 38.1 Å². The molecule has 0 fully saturated rings. The normalized spacial score (nSPS) is 14.2. The Bertz CT molecular complexity index is 1560. The van der Waals surface area contributed by atoms with Gasteiger partial charge in [-0.25, -0.2) is 4.79 Å². The molecule has 4 amide bonds. The average Bonchev–Trinajstić information content (AvgIpc) is 3.13. The molecular weight excluding hydrogens is 656 g/mol. The highest BCUT2D eigenvalue weighted by atomic mass is 16.5. The summed E-state index contributed by atoms with van der Waals surface area (Å²) in [4.78, 5) is 54.0. The van der Waals surface area contributed by atoms with Gasteiger partial charge in [0.2, 0.25) is 17.7 Å². The zero-order valence-electron chi connectivity index (χ0n) is 31.8. The fraction of sp³-hybridized carbons (Fsp3) is 0.524. The number of carbonyl (C=O) groups is 4. The molecule has 3 rings (SSSR count). The zero-order valence-corrected chi connectivity index (χ0v) is 31.8. The van der Waals surface area contributed by atoms with Crippen molar-refractivity contribution < 1.29 is 29.0 Å². The number of alkyl carbamates (subject to hydrolysis) is 1. The first kappa shape index (κ1) is 42.0. The molecule has 0 bridgehead atoms. The van der Waals surface area contributed by atoms with Gasteiger partial charge in [-0.2, -0.15) is 0 Å². The van der Waals surface area contributed by atoms with Gasteiger partial charge in [0.1, 0.15) is 18.7 Å². The lowest BCUT2D eigenvalue weighted by molar-refractivity contribution is -0.131. The second-order valence-electron chi connectivity index (χ2n) is 14.6. The topological polar surface area (TPSA) is 146 Å². The summed E-state index contributed by atoms with van der Waals surface area (Å²) in [6.07, 6.45) is 1.53. The minimum absolute atomic E-state index is 0.0364. The van der Waals surface area contributed by atoms with E-state index in [-0.39, 0.29) is 31.3 Å². The first-order valence-electron chi connectivity index (χ1n) is 18.9. The van der Waals surface area contributed by atoms with Crippen LogP contribution in [0.5, 0.6) is 0 Å². The van der Waals surface area contributed by atoms with Crippen molar-refractivity contribution in [3.8, 4) is 0 Å². The maximum absolute atomic E-state index is 14.1. The van der Waals surface area contributed by atoms with Gasteiger partial charge in [-0.05, 0) is 59.4 Å². The first-order valence-corrected chi connectivity index (χ1v) is 18.9. The smallest absolute Gasteiger partial charge is 0.408 e. The van der Waals surface area contributed by atoms with Gasteiger partial charge in [-0.15, -0.1) is 0 Å². The highest BCUT2D eigenvalue weighted by Crippen LogP contribution is 2.21. The Morgan fingerprint density at radius 1 is 0.731 bits per heavy atom. The molecule has 0 aromatic heterocycles. The van der Waals surface area contributed by atoms with Crippen LogP contribution in [-0.4, -0.2) is 59.7 Å². The number of aliphatic hydroxyl groups excluding tert-OH is 1. The largest absolute Gasteiger partial charge is 0.445 e. The third-order valence-corrected chi connectivity index (χ3v) is 9.20. The van der Waals surface area contributed by atoms with E-state index in [9.17, 15) is 24.3 Å². The predicted octanol–water partition coefficient (Wildman–Crippen LogP) is 6.43. The molecule has 5 N–H and O–H groups in total. The van der Waals surface area contributed by atoms with Crippen LogP contribution in [0.15, 0.2) is 72.8 Å². The molecule has 0 unspecified atom stereocenters. The lowest BCUT2D eigenvalue weighted by atomic mass is 9.90. The van der Waals surface area contributed by atoms with Crippen molar-refractivity contribution >= 4 is 34.6 Å². The van der Waals surface area contributed by atoms with Crippen LogP contribution in [-0.2, 0) is 32.1 Å². The third kappa shape index (κ3) is 13.9. The maximum atomic E-state index is 14.1. The fourth-order valence-electron chi connectivity index (χ4n) is 6.22. The van der Waals surface area contributed by atoms with Crippen molar-refractivity contribution in [1.82, 2.24) is 21.3 Å². The summed E-state index contributed by atoms with van der Waals surface area (Å²) in [6, 6.07) is 20.3. The number of nitrogens with one attached hydrogen (secondary N) is 4. The molecule has 0 spiro atoms. The number of fused-ring (bicyclic) bond motifs is 1. The van der Waals surface area contributed by atoms with Crippen molar-refractivity contribution in [2.24, 2.45) is 17.8 Å². The predicted molar refractivity (Wildman–Crippen MR) is 206 cm³/mol. The Morgan fingerprint density at radius 2 is 1.40 bits per heavy atom. The Balaban J connectivity index is 1.81. The number of hydrogen-bond acceptors (Lipinski definition) is 6. The van der Waals surface area contributed by atoms with Crippen molar-refractivity contribution in [1.29, 1.82) is 0 Å². The van der Waals surface area contributed by atoms with Crippen molar-refractivity contribution in [3.05, 3.63) is 83.9 Å². The van der Waals surface area contributed by atoms with Crippen LogP contribution in [0.3, 0.4) is 0 Å². The summed E-state index contributed by atoms with van der Waals surface area (Å²) in [7, 11) is 0. The molecule has 3 aromatic rings. The number of carbonyl (C=O) groups excluding carboxylic acids is 4. The molecule has 0 aliphatic rings. The molecule has 10 nitrogen and oxygen atoms in total. The number of unbranched alkanes of at least 4 members (excludes halogenated alkanes) is 1. The summed E-state index contributed by atoms with van der Waals surface area (Å²) in [5.41, 5.74) is 1.67. The minimum atomic E-state index is -1.04. The van der Waals surface area contributed by atoms with Crippen LogP contribution < -0.4 is 21.3 Å². The standard InChI is InChI=1S/C42H60N4O6/c1-7-9-22-35(40(49)45-36(23-28(3)4)38(47)25-31(8-2)39(48)43-26-29(5)6)44-41(50)37(46-42(51)52-27-30-16-11-10-12-17-30)24-33-20-15-19-32-18-13-14-21-34(32)33/h10-21,28-29,31,35-38,47H,7-9,22-27H2,1-6H3,(H,43,48)(H,44,50)(H,45,49)(H,46,51)/t31-,35-,36-,37-,38-/m0/s1. The molecule has 0 aliphatic heterocycles. The van der Waals surface area contributed by atoms with Gasteiger partial charge < -0.3 is 31.1 Å². The van der Waals surface area contributed by atoms with Crippen LogP contribution >= 0.6 is 0 Å². The highest BCUT2D eigenvalue weighted by molar-refractivity contribution is 5.92. The van der Waals surface area contributed by atoms with Crippen LogP contribution in [0, 0.1) is 17.8 Å². The molecular formula is C42H60N4O6. The van der Waals surface area contributed by atoms with Crippen molar-refractivity contribution in [2.45, 2.75) is 117 Å². The number of ether oxygens (including phenoxy) is 1. The zero-order chi connectivity index (χ0) is 38.0. The fourth-order valence-corrected chi connectivity index (χ4v) is 6.22. The third-order valence-electron chi connectivity index (χ3n) is 9.20. The van der Waals surface area contributed by atoms with Crippen molar-refractivity contribution in [3.63, 3.8) is 0 Å². The Hall–Kier alpha value is -4.44. The van der Waals surface area contributed by atoms with Gasteiger partial charge >= 0.3 is 6.09 Å². The van der Waals surface area contributed by atoms with E-state index in [1.165, 1.54) is 0 Å². The molecule has 0 saturated carbocycles. The highest BCUT2D eigenvalue weighted by Gasteiger charge is 2.32. The van der Waals surface area contributed by atoms with Crippen LogP contribution in [0.1, 0.15) is 91.2 Å². The van der Waals surface area contributed by atoms with Gasteiger partial charge in [0.25, 0.3) is 0 Å². The van der Waals surface area contributed by atoms with E-state index in [0.717, 1.165) is 28.3 Å². The van der Waals surface area contributed by atoms with Gasteiger partial charge in [0.15, 0.2) is 0 Å². The molecule has 0 heterocycles. The molecule has 0 aliphatic carbocycles. The van der Waals surface area contributed by atoms with Gasteiger partial charge in [0, 0.05) is 18.9 Å². The summed E-state index contributed by atoms with van der Waals surface area (Å²) in [5.74, 6) is -0.997. The SMILES string of the molecule is CCCC[C@H](NC(=O)[C@H](Cc1cccc2ccccc12)NC(=O)OCc1ccccc1)C(=O)N[C@@H](CC(C)C)[C@@H](O)C[C@H](CC)C(=O)NCC(C)C. The van der Waals surface area contributed by atoms with E-state index < -0.39 is 48.1 Å². The van der Waals surface area contributed by atoms with Crippen LogP contribution in [0.2, 0.25) is 0 Å². The van der Waals surface area contributed by atoms with Gasteiger partial charge in [0.05, 0.1) is 12.1 Å². The lowest BCUT2D eigenvalue weighted by Gasteiger charge is -2.30. The number of amides is 4. The van der Waals surface area contributed by atoms with E-state index >= 15 is 0 Å². The van der Waals surface area contributed by atoms with Gasteiger partial charge in [-0.1, -0.05) is 127 Å². The first-order chi connectivity index (χ1) is 24.9. The number of rotatable bonds is 21. The number of benzene rings is 3. The molecule has 284 valence electrons. The van der Waals surface area contributed by atoms with E-state index in [1.54, 1.807) is 0 Å². The summed E-state index contributed by atoms with van der Waals surface area (Å²) < 4.78 is 5.49. The van der Waals surface area contributed by atoms with Crippen LogP contribution in [0.25, 0.3) is 10.8 Å². The van der Waals surface area contributed by atoms with Gasteiger partial charge in [-0.3, -0.25) is 14.4 Å². The summed E-state index contributed by atoms with van der Waals surface area (Å²) in [5, 5.41) is 25.0. The Kier molecular flexibility index (Phi) is 17.6. The Labute approximate surface area is 309 Å². The average molecular weight is 717 g/mol. The molecule has 0 saturated heterocycles. The van der Waals surface area contributed by atoms with E-state index in [4.69, 9.17) is 4.74 Å². The summed E-state index contributed by atoms with van der Waals surface area (Å²) in [6.45, 7) is 12.6.